The molecule has 1 fully saturated rings. The first kappa shape index (κ1) is 9.65. The Bertz CT molecular complexity index is 312. The van der Waals surface area contributed by atoms with Gasteiger partial charge in [-0.25, -0.2) is 4.68 Å². The molecule has 1 saturated carbocycles. The molecule has 4 heteroatoms. The maximum absolute atomic E-state index is 5.64. The van der Waals surface area contributed by atoms with Crippen LogP contribution in [0.2, 0.25) is 0 Å². The number of nitrogens with zero attached hydrogens (tertiary/aromatic N) is 3. The van der Waals surface area contributed by atoms with Gasteiger partial charge < -0.3 is 5.73 Å². The van der Waals surface area contributed by atoms with Crippen molar-refractivity contribution < 1.29 is 0 Å². The molecule has 0 atom stereocenters. The van der Waals surface area contributed by atoms with E-state index >= 15 is 0 Å². The topological polar surface area (TPSA) is 56.7 Å². The highest BCUT2D eigenvalue weighted by atomic mass is 15.4. The highest BCUT2D eigenvalue weighted by Gasteiger charge is 2.25. The van der Waals surface area contributed by atoms with Gasteiger partial charge in [-0.2, -0.15) is 0 Å². The smallest absolute Gasteiger partial charge is 0.0994 e. The molecule has 1 aromatic rings. The number of nitrogens with two attached hydrogens (primary N) is 1. The summed E-state index contributed by atoms with van der Waals surface area (Å²) in [6.07, 6.45) is 3.82. The van der Waals surface area contributed by atoms with Crippen molar-refractivity contribution >= 4 is 0 Å². The summed E-state index contributed by atoms with van der Waals surface area (Å²) in [4.78, 5) is 0. The summed E-state index contributed by atoms with van der Waals surface area (Å²) in [5.74, 6) is 0.858. The van der Waals surface area contributed by atoms with E-state index in [0.29, 0.717) is 12.6 Å². The standard InChI is InChI=1S/C10H18N4/c1-7(2)14-10(5-8-3-4-8)9(6-11)12-13-14/h7-8H,3-6,11H2,1-2H3. The van der Waals surface area contributed by atoms with Crippen molar-refractivity contribution in [3.63, 3.8) is 0 Å². The lowest BCUT2D eigenvalue weighted by Crippen LogP contribution is -2.10. The molecule has 0 saturated heterocycles. The number of aromatic nitrogens is 3. The van der Waals surface area contributed by atoms with Crippen LogP contribution in [0.25, 0.3) is 0 Å². The van der Waals surface area contributed by atoms with Crippen molar-refractivity contribution in [3.05, 3.63) is 11.4 Å². The third-order valence-corrected chi connectivity index (χ3v) is 2.73. The Labute approximate surface area is 84.5 Å². The number of hydrogen-bond donors (Lipinski definition) is 1. The van der Waals surface area contributed by atoms with E-state index in [4.69, 9.17) is 5.73 Å². The van der Waals surface area contributed by atoms with Crippen LogP contribution in [0, 0.1) is 5.92 Å². The van der Waals surface area contributed by atoms with Crippen LogP contribution in [0.1, 0.15) is 44.1 Å². The van der Waals surface area contributed by atoms with Gasteiger partial charge in [-0.3, -0.25) is 0 Å². The molecule has 0 aromatic carbocycles. The van der Waals surface area contributed by atoms with Gasteiger partial charge >= 0.3 is 0 Å². The first-order valence-corrected chi connectivity index (χ1v) is 5.35. The molecule has 0 aliphatic heterocycles. The van der Waals surface area contributed by atoms with E-state index in [2.05, 4.69) is 24.2 Å². The van der Waals surface area contributed by atoms with E-state index < -0.39 is 0 Å². The van der Waals surface area contributed by atoms with Crippen LogP contribution in [0.15, 0.2) is 0 Å². The zero-order valence-electron chi connectivity index (χ0n) is 8.90. The first-order chi connectivity index (χ1) is 6.72. The van der Waals surface area contributed by atoms with Gasteiger partial charge in [-0.1, -0.05) is 5.21 Å². The molecule has 0 radical (unpaired) electrons. The molecule has 2 N–H and O–H groups in total. The quantitative estimate of drug-likeness (QED) is 0.785. The fourth-order valence-electron chi connectivity index (χ4n) is 1.73. The van der Waals surface area contributed by atoms with Crippen molar-refractivity contribution in [3.8, 4) is 0 Å². The Morgan fingerprint density at radius 2 is 2.21 bits per heavy atom. The summed E-state index contributed by atoms with van der Waals surface area (Å²) < 4.78 is 2.01. The molecule has 0 amide bonds. The molecule has 0 unspecified atom stereocenters. The van der Waals surface area contributed by atoms with Crippen molar-refractivity contribution in [2.75, 3.05) is 0 Å². The molecule has 14 heavy (non-hydrogen) atoms. The van der Waals surface area contributed by atoms with Gasteiger partial charge in [0.2, 0.25) is 0 Å². The maximum Gasteiger partial charge on any atom is 0.0994 e. The summed E-state index contributed by atoms with van der Waals surface area (Å²) in [5.41, 5.74) is 7.88. The Morgan fingerprint density at radius 1 is 1.50 bits per heavy atom. The summed E-state index contributed by atoms with van der Waals surface area (Å²) in [7, 11) is 0. The predicted molar refractivity (Wildman–Crippen MR) is 54.7 cm³/mol. The average molecular weight is 194 g/mol. The molecular formula is C10H18N4. The SMILES string of the molecule is CC(C)n1nnc(CN)c1CC1CC1. The van der Waals surface area contributed by atoms with Crippen LogP contribution in [-0.2, 0) is 13.0 Å². The predicted octanol–water partition coefficient (Wildman–Crippen LogP) is 1.27. The van der Waals surface area contributed by atoms with Gasteiger partial charge in [-0.05, 0) is 39.0 Å². The fourth-order valence-corrected chi connectivity index (χ4v) is 1.73. The number of rotatable bonds is 4. The van der Waals surface area contributed by atoms with Gasteiger partial charge in [0, 0.05) is 12.6 Å². The lowest BCUT2D eigenvalue weighted by Gasteiger charge is -2.09. The highest BCUT2D eigenvalue weighted by molar-refractivity contribution is 5.12. The van der Waals surface area contributed by atoms with Gasteiger partial charge in [0.15, 0.2) is 0 Å². The first-order valence-electron chi connectivity index (χ1n) is 5.35. The minimum absolute atomic E-state index is 0.386. The molecule has 1 aliphatic rings. The summed E-state index contributed by atoms with van der Waals surface area (Å²) in [5, 5.41) is 8.28. The van der Waals surface area contributed by atoms with Crippen LogP contribution >= 0.6 is 0 Å². The second kappa shape index (κ2) is 3.69. The zero-order valence-corrected chi connectivity index (χ0v) is 8.90. The van der Waals surface area contributed by atoms with Crippen LogP contribution in [-0.4, -0.2) is 15.0 Å². The number of hydrogen-bond acceptors (Lipinski definition) is 3. The minimum atomic E-state index is 0.386. The second-order valence-corrected chi connectivity index (χ2v) is 4.37. The summed E-state index contributed by atoms with van der Waals surface area (Å²) in [6.45, 7) is 4.77. The van der Waals surface area contributed by atoms with Gasteiger partial charge in [0.05, 0.1) is 11.4 Å². The molecule has 0 bridgehead atoms. The molecule has 1 heterocycles. The van der Waals surface area contributed by atoms with Crippen molar-refractivity contribution in [2.24, 2.45) is 11.7 Å². The van der Waals surface area contributed by atoms with Crippen LogP contribution in [0.5, 0.6) is 0 Å². The maximum atomic E-state index is 5.64. The van der Waals surface area contributed by atoms with E-state index in [9.17, 15) is 0 Å². The highest BCUT2D eigenvalue weighted by Crippen LogP contribution is 2.33. The fraction of sp³-hybridized carbons (Fsp3) is 0.800. The van der Waals surface area contributed by atoms with Gasteiger partial charge in [-0.15, -0.1) is 5.10 Å². The molecule has 1 aromatic heterocycles. The van der Waals surface area contributed by atoms with E-state index in [-0.39, 0.29) is 0 Å². The summed E-state index contributed by atoms with van der Waals surface area (Å²) >= 11 is 0. The van der Waals surface area contributed by atoms with Crippen molar-refractivity contribution in [1.29, 1.82) is 0 Å². The lowest BCUT2D eigenvalue weighted by atomic mass is 10.1. The monoisotopic (exact) mass is 194 g/mol. The van der Waals surface area contributed by atoms with Gasteiger partial charge in [0.25, 0.3) is 0 Å². The Kier molecular flexibility index (Phi) is 2.54. The van der Waals surface area contributed by atoms with E-state index in [1.165, 1.54) is 18.5 Å². The zero-order chi connectivity index (χ0) is 10.1. The largest absolute Gasteiger partial charge is 0.325 e. The van der Waals surface area contributed by atoms with E-state index in [1.54, 1.807) is 0 Å². The van der Waals surface area contributed by atoms with Crippen LogP contribution in [0.4, 0.5) is 0 Å². The molecule has 78 valence electrons. The van der Waals surface area contributed by atoms with Crippen LogP contribution < -0.4 is 5.73 Å². The van der Waals surface area contributed by atoms with Crippen LogP contribution in [0.3, 0.4) is 0 Å². The molecule has 0 spiro atoms. The molecule has 4 nitrogen and oxygen atoms in total. The van der Waals surface area contributed by atoms with E-state index in [1.807, 2.05) is 4.68 Å². The van der Waals surface area contributed by atoms with Crippen molar-refractivity contribution in [1.82, 2.24) is 15.0 Å². The lowest BCUT2D eigenvalue weighted by molar-refractivity contribution is 0.488. The molecule has 2 rings (SSSR count). The molecule has 1 aliphatic carbocycles. The Hall–Kier alpha value is -0.900. The Balaban J connectivity index is 2.24. The van der Waals surface area contributed by atoms with E-state index in [0.717, 1.165) is 18.0 Å². The van der Waals surface area contributed by atoms with Crippen molar-refractivity contribution in [2.45, 2.75) is 45.7 Å². The Morgan fingerprint density at radius 3 is 2.71 bits per heavy atom. The third-order valence-electron chi connectivity index (χ3n) is 2.73. The molecular weight excluding hydrogens is 176 g/mol. The van der Waals surface area contributed by atoms with Gasteiger partial charge in [0.1, 0.15) is 0 Å². The third kappa shape index (κ3) is 1.80. The average Bonchev–Trinajstić information content (AvgIpc) is 2.84. The second-order valence-electron chi connectivity index (χ2n) is 4.37. The summed E-state index contributed by atoms with van der Waals surface area (Å²) in [6, 6.07) is 0.386. The minimum Gasteiger partial charge on any atom is -0.325 e. The normalized spacial score (nSPS) is 16.6.